The summed E-state index contributed by atoms with van der Waals surface area (Å²) in [4.78, 5) is 22.5. The van der Waals surface area contributed by atoms with Crippen LogP contribution in [0.3, 0.4) is 0 Å². The van der Waals surface area contributed by atoms with E-state index < -0.39 is 27.0 Å². The standard InChI is InChI=1S/C22H25N3O9S/c1-14-7-8-16(11-15(14)2)33-35(29,30)34-23-9-5-6-10-31-20-12-17-18(13-19(20)25(27)28)24-21(26)32-22(17,3)4/h7-9,11-13H,5-6,10H2,1-4H3,(H,24,26). The van der Waals surface area contributed by atoms with E-state index in [9.17, 15) is 23.3 Å². The second kappa shape index (κ2) is 10.2. The van der Waals surface area contributed by atoms with Gasteiger partial charge in [-0.05, 0) is 69.9 Å². The zero-order chi connectivity index (χ0) is 25.8. The smallest absolute Gasteiger partial charge is 0.487 e. The zero-order valence-corrected chi connectivity index (χ0v) is 20.4. The molecule has 0 unspecified atom stereocenters. The third kappa shape index (κ3) is 6.59. The van der Waals surface area contributed by atoms with Gasteiger partial charge in [-0.3, -0.25) is 15.4 Å². The Morgan fingerprint density at radius 1 is 1.20 bits per heavy atom. The Kier molecular flexibility index (Phi) is 7.48. The van der Waals surface area contributed by atoms with Gasteiger partial charge in [-0.1, -0.05) is 11.2 Å². The van der Waals surface area contributed by atoms with Crippen molar-refractivity contribution in [2.24, 2.45) is 5.16 Å². The first-order chi connectivity index (χ1) is 16.4. The predicted molar refractivity (Wildman–Crippen MR) is 126 cm³/mol. The van der Waals surface area contributed by atoms with Crippen LogP contribution in [-0.2, 0) is 25.0 Å². The number of nitrogens with zero attached hydrogens (tertiary/aromatic N) is 2. The molecule has 2 aromatic rings. The number of carbonyl (C=O) groups excluding carboxylic acids is 1. The van der Waals surface area contributed by atoms with E-state index in [0.717, 1.165) is 11.1 Å². The number of benzene rings is 2. The lowest BCUT2D eigenvalue weighted by molar-refractivity contribution is -0.385. The first kappa shape index (κ1) is 25.7. The van der Waals surface area contributed by atoms with Gasteiger partial charge in [0, 0.05) is 17.8 Å². The van der Waals surface area contributed by atoms with E-state index in [1.165, 1.54) is 24.4 Å². The van der Waals surface area contributed by atoms with Crippen molar-refractivity contribution in [2.75, 3.05) is 11.9 Å². The molecule has 0 fully saturated rings. The summed E-state index contributed by atoms with van der Waals surface area (Å²) in [6.45, 7) is 7.10. The highest BCUT2D eigenvalue weighted by atomic mass is 32.3. The molecule has 0 atom stereocenters. The monoisotopic (exact) mass is 507 g/mol. The average Bonchev–Trinajstić information content (AvgIpc) is 2.74. The molecule has 0 saturated heterocycles. The van der Waals surface area contributed by atoms with Crippen LogP contribution >= 0.6 is 0 Å². The third-order valence-corrected chi connectivity index (χ3v) is 5.81. The van der Waals surface area contributed by atoms with Crippen LogP contribution < -0.4 is 14.2 Å². The average molecular weight is 508 g/mol. The fraction of sp³-hybridized carbons (Fsp3) is 0.364. The Bertz CT molecular complexity index is 1270. The molecule has 1 heterocycles. The molecule has 1 aliphatic heterocycles. The number of anilines is 1. The Morgan fingerprint density at radius 2 is 1.94 bits per heavy atom. The number of nitro benzene ring substituents is 1. The maximum atomic E-state index is 11.9. The SMILES string of the molecule is Cc1ccc(OS(=O)(=O)ON=CCCCOc2cc3c(cc2[N+](=O)[O-])NC(=O)OC3(C)C)cc1C. The van der Waals surface area contributed by atoms with Crippen LogP contribution in [0, 0.1) is 24.0 Å². The summed E-state index contributed by atoms with van der Waals surface area (Å²) in [5.74, 6) is 0.121. The third-order valence-electron chi connectivity index (χ3n) is 5.15. The van der Waals surface area contributed by atoms with E-state index >= 15 is 0 Å². The van der Waals surface area contributed by atoms with Gasteiger partial charge in [0.2, 0.25) is 0 Å². The lowest BCUT2D eigenvalue weighted by Crippen LogP contribution is -2.34. The number of ether oxygens (including phenoxy) is 2. The highest BCUT2D eigenvalue weighted by molar-refractivity contribution is 7.82. The Balaban J connectivity index is 1.54. The number of nitro groups is 1. The minimum atomic E-state index is -4.38. The van der Waals surface area contributed by atoms with Crippen LogP contribution in [0.4, 0.5) is 16.2 Å². The van der Waals surface area contributed by atoms with E-state index in [1.54, 1.807) is 26.0 Å². The molecule has 1 aliphatic rings. The molecule has 0 spiro atoms. The first-order valence-corrected chi connectivity index (χ1v) is 11.9. The van der Waals surface area contributed by atoms with Crippen molar-refractivity contribution < 1.29 is 36.1 Å². The second-order valence-corrected chi connectivity index (χ2v) is 9.37. The Labute approximate surface area is 202 Å². The first-order valence-electron chi connectivity index (χ1n) is 10.6. The number of hydrogen-bond acceptors (Lipinski definition) is 10. The molecule has 0 saturated carbocycles. The summed E-state index contributed by atoms with van der Waals surface area (Å²) in [5.41, 5.74) is 1.34. The van der Waals surface area contributed by atoms with Crippen molar-refractivity contribution >= 4 is 34.1 Å². The lowest BCUT2D eigenvalue weighted by Gasteiger charge is -2.32. The van der Waals surface area contributed by atoms with Gasteiger partial charge in [-0.25, -0.2) is 9.08 Å². The number of rotatable bonds is 10. The number of nitrogens with one attached hydrogen (secondary N) is 1. The van der Waals surface area contributed by atoms with Crippen molar-refractivity contribution in [3.8, 4) is 11.5 Å². The minimum Gasteiger partial charge on any atom is -0.487 e. The van der Waals surface area contributed by atoms with E-state index in [-0.39, 0.29) is 35.9 Å². The summed E-state index contributed by atoms with van der Waals surface area (Å²) < 4.78 is 43.9. The van der Waals surface area contributed by atoms with Gasteiger partial charge in [0.1, 0.15) is 11.4 Å². The molecule has 2 aromatic carbocycles. The summed E-state index contributed by atoms with van der Waals surface area (Å²) >= 11 is 0. The Morgan fingerprint density at radius 3 is 2.63 bits per heavy atom. The van der Waals surface area contributed by atoms with E-state index in [4.69, 9.17) is 13.7 Å². The zero-order valence-electron chi connectivity index (χ0n) is 19.6. The number of unbranched alkanes of at least 4 members (excludes halogenated alkanes) is 1. The molecular formula is C22H25N3O9S. The Hall–Kier alpha value is -3.87. The number of amides is 1. The molecule has 1 amide bonds. The quantitative estimate of drug-likeness (QED) is 0.212. The van der Waals surface area contributed by atoms with Gasteiger partial charge in [-0.2, -0.15) is 0 Å². The van der Waals surface area contributed by atoms with Crippen LogP contribution in [0.1, 0.15) is 43.4 Å². The molecular weight excluding hydrogens is 482 g/mol. The number of fused-ring (bicyclic) bond motifs is 1. The van der Waals surface area contributed by atoms with Crippen LogP contribution in [0.25, 0.3) is 0 Å². The number of hydrogen-bond donors (Lipinski definition) is 1. The van der Waals surface area contributed by atoms with Crippen LogP contribution in [0.15, 0.2) is 35.5 Å². The van der Waals surface area contributed by atoms with Gasteiger partial charge < -0.3 is 13.7 Å². The molecule has 0 bridgehead atoms. The molecule has 3 rings (SSSR count). The molecule has 1 N–H and O–H groups in total. The van der Waals surface area contributed by atoms with Crippen molar-refractivity contribution in [1.82, 2.24) is 0 Å². The summed E-state index contributed by atoms with van der Waals surface area (Å²) in [6.07, 6.45) is 1.14. The topological polar surface area (TPSA) is 156 Å². The van der Waals surface area contributed by atoms with Gasteiger partial charge in [0.05, 0.1) is 17.2 Å². The molecule has 35 heavy (non-hydrogen) atoms. The molecule has 12 nitrogen and oxygen atoms in total. The molecule has 0 radical (unpaired) electrons. The normalized spacial score (nSPS) is 14.6. The van der Waals surface area contributed by atoms with Crippen LogP contribution in [0.2, 0.25) is 0 Å². The molecule has 188 valence electrons. The van der Waals surface area contributed by atoms with Crippen molar-refractivity contribution in [3.05, 3.63) is 57.1 Å². The second-order valence-electron chi connectivity index (χ2n) is 8.24. The van der Waals surface area contributed by atoms with Gasteiger partial charge >= 0.3 is 22.2 Å². The highest BCUT2D eigenvalue weighted by Crippen LogP contribution is 2.42. The molecule has 0 aromatic heterocycles. The summed E-state index contributed by atoms with van der Waals surface area (Å²) in [7, 11) is -4.38. The van der Waals surface area contributed by atoms with Gasteiger partial charge in [0.25, 0.3) is 0 Å². The molecule has 13 heteroatoms. The summed E-state index contributed by atoms with van der Waals surface area (Å²) in [6, 6.07) is 7.48. The predicted octanol–water partition coefficient (Wildman–Crippen LogP) is 4.49. The minimum absolute atomic E-state index is 0.0131. The highest BCUT2D eigenvalue weighted by Gasteiger charge is 2.36. The lowest BCUT2D eigenvalue weighted by atomic mass is 9.94. The number of oxime groups is 1. The largest absolute Gasteiger partial charge is 0.521 e. The van der Waals surface area contributed by atoms with Crippen LogP contribution in [0.5, 0.6) is 11.5 Å². The number of cyclic esters (lactones) is 1. The van der Waals surface area contributed by atoms with Crippen molar-refractivity contribution in [3.63, 3.8) is 0 Å². The maximum absolute atomic E-state index is 11.9. The van der Waals surface area contributed by atoms with Crippen molar-refractivity contribution in [2.45, 2.75) is 46.1 Å². The maximum Gasteiger partial charge on any atom is 0.521 e. The number of carbonyl (C=O) groups is 1. The van der Waals surface area contributed by atoms with Crippen molar-refractivity contribution in [1.29, 1.82) is 0 Å². The molecule has 0 aliphatic carbocycles. The number of aryl methyl sites for hydroxylation is 2. The summed E-state index contributed by atoms with van der Waals surface area (Å²) in [5, 5.41) is 17.3. The fourth-order valence-corrected chi connectivity index (χ4v) is 3.78. The van der Waals surface area contributed by atoms with E-state index in [1.807, 2.05) is 13.8 Å². The van der Waals surface area contributed by atoms with Gasteiger partial charge in [0.15, 0.2) is 5.75 Å². The van der Waals surface area contributed by atoms with E-state index in [0.29, 0.717) is 12.0 Å². The fourth-order valence-electron chi connectivity index (χ4n) is 3.24. The van der Waals surface area contributed by atoms with Crippen LogP contribution in [-0.4, -0.2) is 32.3 Å². The van der Waals surface area contributed by atoms with Gasteiger partial charge in [-0.15, -0.1) is 8.42 Å². The van der Waals surface area contributed by atoms with E-state index in [2.05, 4.69) is 14.8 Å².